The van der Waals surface area contributed by atoms with Gasteiger partial charge in [0.2, 0.25) is 5.91 Å². The van der Waals surface area contributed by atoms with Crippen LogP contribution in [0.5, 0.6) is 0 Å². The summed E-state index contributed by atoms with van der Waals surface area (Å²) in [5, 5.41) is 0. The third kappa shape index (κ3) is 3.25. The first kappa shape index (κ1) is 15.3. The van der Waals surface area contributed by atoms with Crippen LogP contribution in [0.3, 0.4) is 0 Å². The summed E-state index contributed by atoms with van der Waals surface area (Å²) in [7, 11) is 0. The maximum absolute atomic E-state index is 12.8. The van der Waals surface area contributed by atoms with Crippen LogP contribution >= 0.6 is 0 Å². The van der Waals surface area contributed by atoms with Gasteiger partial charge in [-0.3, -0.25) is 4.79 Å². The fourth-order valence-corrected chi connectivity index (χ4v) is 3.27. The van der Waals surface area contributed by atoms with Crippen molar-refractivity contribution in [1.82, 2.24) is 4.90 Å². The number of carbonyl (C=O) groups is 1. The van der Waals surface area contributed by atoms with Crippen molar-refractivity contribution in [2.45, 2.75) is 38.9 Å². The molecule has 0 N–H and O–H groups in total. The monoisotopic (exact) mass is 299 g/mol. The number of amides is 1. The number of nitrogens with zero attached hydrogens (tertiary/aromatic N) is 1. The molecule has 3 rings (SSSR count). The summed E-state index contributed by atoms with van der Waals surface area (Å²) in [4.78, 5) is 14.8. The number of rotatable bonds is 3. The first-order chi connectivity index (χ1) is 10.6. The van der Waals surface area contributed by atoms with E-state index in [1.54, 1.807) is 0 Å². The molecule has 3 heteroatoms. The molecule has 0 bridgehead atoms. The summed E-state index contributed by atoms with van der Waals surface area (Å²) >= 11 is 0. The number of hydrogen-bond donors (Lipinski definition) is 0. The van der Waals surface area contributed by atoms with Crippen LogP contribution in [-0.4, -0.2) is 30.0 Å². The fraction of sp³-hybridized carbons (Fsp3) is 0.526. The molecule has 0 radical (unpaired) electrons. The minimum absolute atomic E-state index is 0.0133. The summed E-state index contributed by atoms with van der Waals surface area (Å²) in [6.07, 6.45) is 6.12. The summed E-state index contributed by atoms with van der Waals surface area (Å²) in [5.74, 6) is 0.839. The molecule has 1 amide bonds. The van der Waals surface area contributed by atoms with Crippen molar-refractivity contribution in [3.8, 4) is 0 Å². The van der Waals surface area contributed by atoms with E-state index in [0.29, 0.717) is 18.4 Å². The van der Waals surface area contributed by atoms with Gasteiger partial charge < -0.3 is 9.64 Å². The minimum atomic E-state index is -0.0133. The minimum Gasteiger partial charge on any atom is -0.366 e. The van der Waals surface area contributed by atoms with Gasteiger partial charge in [0.05, 0.1) is 12.6 Å². The second-order valence-corrected chi connectivity index (χ2v) is 6.70. The van der Waals surface area contributed by atoms with Gasteiger partial charge in [0.15, 0.2) is 0 Å². The van der Waals surface area contributed by atoms with Crippen molar-refractivity contribution in [1.29, 1.82) is 0 Å². The van der Waals surface area contributed by atoms with Gasteiger partial charge in [-0.25, -0.2) is 0 Å². The first-order valence-electron chi connectivity index (χ1n) is 8.29. The van der Waals surface area contributed by atoms with Crippen molar-refractivity contribution in [3.63, 3.8) is 0 Å². The lowest BCUT2D eigenvalue weighted by molar-refractivity contribution is -0.153. The van der Waals surface area contributed by atoms with E-state index in [2.05, 4.69) is 38.1 Å². The number of benzene rings is 1. The Bertz CT molecular complexity index is 530. The topological polar surface area (TPSA) is 29.5 Å². The molecule has 1 aliphatic carbocycles. The van der Waals surface area contributed by atoms with E-state index < -0.39 is 0 Å². The highest BCUT2D eigenvalue weighted by Gasteiger charge is 2.35. The lowest BCUT2D eigenvalue weighted by Crippen LogP contribution is -2.50. The summed E-state index contributed by atoms with van der Waals surface area (Å²) < 4.78 is 6.27. The maximum atomic E-state index is 12.8. The molecule has 1 aliphatic heterocycles. The second-order valence-electron chi connectivity index (χ2n) is 6.70. The zero-order chi connectivity index (χ0) is 15.5. The van der Waals surface area contributed by atoms with Crippen LogP contribution in [-0.2, 0) is 9.53 Å². The largest absolute Gasteiger partial charge is 0.366 e. The average Bonchev–Trinajstić information content (AvgIpc) is 3.09. The quantitative estimate of drug-likeness (QED) is 0.798. The third-order valence-electron chi connectivity index (χ3n) is 4.71. The van der Waals surface area contributed by atoms with Crippen molar-refractivity contribution in [2.75, 3.05) is 13.1 Å². The van der Waals surface area contributed by atoms with E-state index >= 15 is 0 Å². The van der Waals surface area contributed by atoms with Crippen LogP contribution in [0.1, 0.15) is 38.4 Å². The molecule has 1 aromatic carbocycles. The summed E-state index contributed by atoms with van der Waals surface area (Å²) in [6.45, 7) is 5.72. The van der Waals surface area contributed by atoms with Crippen molar-refractivity contribution in [3.05, 3.63) is 48.0 Å². The zero-order valence-electron chi connectivity index (χ0n) is 13.4. The predicted molar refractivity (Wildman–Crippen MR) is 87.3 cm³/mol. The van der Waals surface area contributed by atoms with Crippen molar-refractivity contribution < 1.29 is 9.53 Å². The Morgan fingerprint density at radius 1 is 1.14 bits per heavy atom. The van der Waals surface area contributed by atoms with E-state index in [1.165, 1.54) is 0 Å². The summed E-state index contributed by atoms with van der Waals surface area (Å²) in [5.41, 5.74) is 1.16. The Kier molecular flexibility index (Phi) is 4.63. The molecule has 1 fully saturated rings. The SMILES string of the molecule is CC(C)[C@H]1CN(C(=O)C2CC=CC2)C[C@@H](c2ccccc2)O1. The van der Waals surface area contributed by atoms with E-state index in [4.69, 9.17) is 4.74 Å². The van der Waals surface area contributed by atoms with Crippen molar-refractivity contribution >= 4 is 5.91 Å². The lowest BCUT2D eigenvalue weighted by Gasteiger charge is -2.41. The van der Waals surface area contributed by atoms with E-state index in [1.807, 2.05) is 23.1 Å². The fourth-order valence-electron chi connectivity index (χ4n) is 3.27. The third-order valence-corrected chi connectivity index (χ3v) is 4.71. The van der Waals surface area contributed by atoms with Crippen LogP contribution in [0.2, 0.25) is 0 Å². The van der Waals surface area contributed by atoms with E-state index in [0.717, 1.165) is 24.9 Å². The van der Waals surface area contributed by atoms with Gasteiger partial charge in [0, 0.05) is 12.5 Å². The molecule has 0 saturated carbocycles. The molecule has 0 spiro atoms. The van der Waals surface area contributed by atoms with Gasteiger partial charge in [-0.2, -0.15) is 0 Å². The zero-order valence-corrected chi connectivity index (χ0v) is 13.4. The Morgan fingerprint density at radius 3 is 2.45 bits per heavy atom. The Balaban J connectivity index is 1.76. The molecule has 1 saturated heterocycles. The summed E-state index contributed by atoms with van der Waals surface area (Å²) in [6, 6.07) is 10.3. The van der Waals surface area contributed by atoms with Gasteiger partial charge in [0.25, 0.3) is 0 Å². The standard InChI is InChI=1S/C19H25NO2/c1-14(2)17-12-20(19(21)16-10-6-7-11-16)13-18(22-17)15-8-4-3-5-9-15/h3-9,14,16-18H,10-13H2,1-2H3/t17-,18+/m1/s1. The van der Waals surface area contributed by atoms with Gasteiger partial charge in [-0.1, -0.05) is 56.3 Å². The molecule has 0 unspecified atom stereocenters. The predicted octanol–water partition coefficient (Wildman–Crippen LogP) is 3.58. The molecule has 3 nitrogen and oxygen atoms in total. The first-order valence-corrected chi connectivity index (χ1v) is 8.29. The highest BCUT2D eigenvalue weighted by atomic mass is 16.5. The number of allylic oxidation sites excluding steroid dienone is 2. The number of morpholine rings is 1. The maximum Gasteiger partial charge on any atom is 0.226 e. The smallest absolute Gasteiger partial charge is 0.226 e. The van der Waals surface area contributed by atoms with Crippen LogP contribution in [0.25, 0.3) is 0 Å². The highest BCUT2D eigenvalue weighted by molar-refractivity contribution is 5.79. The molecule has 118 valence electrons. The number of carbonyl (C=O) groups excluding carboxylic acids is 1. The number of hydrogen-bond acceptors (Lipinski definition) is 2. The van der Waals surface area contributed by atoms with Crippen LogP contribution < -0.4 is 0 Å². The van der Waals surface area contributed by atoms with Crippen molar-refractivity contribution in [2.24, 2.45) is 11.8 Å². The molecular formula is C19H25NO2. The normalized spacial score (nSPS) is 25.9. The molecule has 0 aromatic heterocycles. The average molecular weight is 299 g/mol. The van der Waals surface area contributed by atoms with Crippen LogP contribution in [0.15, 0.2) is 42.5 Å². The molecule has 22 heavy (non-hydrogen) atoms. The molecule has 2 aliphatic rings. The lowest BCUT2D eigenvalue weighted by atomic mass is 9.98. The van der Waals surface area contributed by atoms with Crippen LogP contribution in [0.4, 0.5) is 0 Å². The van der Waals surface area contributed by atoms with Crippen LogP contribution in [0, 0.1) is 11.8 Å². The molecule has 1 heterocycles. The Morgan fingerprint density at radius 2 is 1.82 bits per heavy atom. The Labute approximate surface area is 133 Å². The molecular weight excluding hydrogens is 274 g/mol. The van der Waals surface area contributed by atoms with E-state index in [-0.39, 0.29) is 18.1 Å². The molecule has 1 aromatic rings. The Hall–Kier alpha value is -1.61. The van der Waals surface area contributed by atoms with E-state index in [9.17, 15) is 4.79 Å². The molecule has 2 atom stereocenters. The highest BCUT2D eigenvalue weighted by Crippen LogP contribution is 2.30. The second kappa shape index (κ2) is 6.66. The van der Waals surface area contributed by atoms with Gasteiger partial charge in [-0.05, 0) is 24.3 Å². The van der Waals surface area contributed by atoms with Gasteiger partial charge in [0.1, 0.15) is 6.10 Å². The van der Waals surface area contributed by atoms with Gasteiger partial charge >= 0.3 is 0 Å². The van der Waals surface area contributed by atoms with Gasteiger partial charge in [-0.15, -0.1) is 0 Å². The number of ether oxygens (including phenoxy) is 1.